The molecule has 0 aromatic heterocycles. The molecule has 0 radical (unpaired) electrons. The van der Waals surface area contributed by atoms with Gasteiger partial charge >= 0.3 is 5.97 Å². The predicted molar refractivity (Wildman–Crippen MR) is 170 cm³/mol. The number of methoxy groups -OCH3 is 2. The van der Waals surface area contributed by atoms with Gasteiger partial charge in [-0.05, 0) is 78.6 Å². The van der Waals surface area contributed by atoms with E-state index in [1.54, 1.807) is 7.11 Å². The first-order valence-corrected chi connectivity index (χ1v) is 18.1. The second-order valence-corrected chi connectivity index (χ2v) is 17.9. The van der Waals surface area contributed by atoms with Crippen molar-refractivity contribution in [1.82, 2.24) is 0 Å². The van der Waals surface area contributed by atoms with Crippen molar-refractivity contribution in [3.05, 3.63) is 77.4 Å². The molecule has 2 aromatic rings. The molecule has 41 heavy (non-hydrogen) atoms. The van der Waals surface area contributed by atoms with Gasteiger partial charge in [0, 0.05) is 17.7 Å². The summed E-state index contributed by atoms with van der Waals surface area (Å²) in [5.74, 6) is 1.19. The molecular formula is C34H49ClO5Si. The average molecular weight is 601 g/mol. The number of unbranched alkanes of at least 4 members (excludes halogenated alkanes) is 1. The smallest absolute Gasteiger partial charge is 0.305 e. The fourth-order valence-electron chi connectivity index (χ4n) is 5.16. The average Bonchev–Trinajstić information content (AvgIpc) is 3.24. The lowest BCUT2D eigenvalue weighted by Crippen LogP contribution is -2.44. The van der Waals surface area contributed by atoms with Crippen LogP contribution >= 0.6 is 11.6 Å². The third-order valence-corrected chi connectivity index (χ3v) is 13.7. The molecule has 1 aliphatic carbocycles. The van der Waals surface area contributed by atoms with Crippen LogP contribution in [0.3, 0.4) is 0 Å². The standard InChI is InChI=1S/C34H49ClO5Si/c1-34(2,3)41(6,7)40-31-22-30(35)29(12-10-8-9-11-13-32(36)38-5)33(31)27-18-14-25(15-19-27)23-39-24-26-16-20-28(37-4)21-17-26/h8,10,14-21,29-31,33H,9,11-13,22-24H2,1-7H3/b10-8-/t29-,30+,31+,33+/m0/s1. The summed E-state index contributed by atoms with van der Waals surface area (Å²) in [6, 6.07) is 16.8. The van der Waals surface area contributed by atoms with Gasteiger partial charge in [-0.25, -0.2) is 0 Å². The van der Waals surface area contributed by atoms with E-state index in [0.717, 1.165) is 42.6 Å². The van der Waals surface area contributed by atoms with Crippen LogP contribution in [0.4, 0.5) is 0 Å². The molecule has 1 aliphatic rings. The summed E-state index contributed by atoms with van der Waals surface area (Å²) in [6.07, 6.45) is 8.34. The van der Waals surface area contributed by atoms with Gasteiger partial charge in [-0.1, -0.05) is 69.3 Å². The summed E-state index contributed by atoms with van der Waals surface area (Å²) in [5.41, 5.74) is 3.54. The van der Waals surface area contributed by atoms with Crippen molar-refractivity contribution in [2.75, 3.05) is 14.2 Å². The van der Waals surface area contributed by atoms with Crippen LogP contribution in [0.5, 0.6) is 5.75 Å². The quantitative estimate of drug-likeness (QED) is 0.0713. The monoisotopic (exact) mass is 600 g/mol. The van der Waals surface area contributed by atoms with E-state index >= 15 is 0 Å². The third kappa shape index (κ3) is 9.70. The SMILES string of the molecule is COC(=O)CCC/C=C\C[C@@H]1[C@@H](c2ccc(COCc3ccc(OC)cc3)cc2)[C@H](O[Si](C)(C)C(C)(C)C)C[C@H]1Cl. The lowest BCUT2D eigenvalue weighted by Gasteiger charge is -2.40. The van der Waals surface area contributed by atoms with Crippen molar-refractivity contribution in [1.29, 1.82) is 0 Å². The van der Waals surface area contributed by atoms with E-state index in [4.69, 9.17) is 30.2 Å². The van der Waals surface area contributed by atoms with Gasteiger partial charge in [0.2, 0.25) is 0 Å². The molecule has 1 fully saturated rings. The molecule has 226 valence electrons. The molecule has 0 spiro atoms. The Bertz CT molecular complexity index is 1110. The maximum Gasteiger partial charge on any atom is 0.305 e. The summed E-state index contributed by atoms with van der Waals surface area (Å²) >= 11 is 7.05. The minimum atomic E-state index is -1.98. The molecule has 0 aliphatic heterocycles. The van der Waals surface area contributed by atoms with Gasteiger partial charge in [0.15, 0.2) is 8.32 Å². The van der Waals surface area contributed by atoms with E-state index < -0.39 is 8.32 Å². The molecule has 1 saturated carbocycles. The summed E-state index contributed by atoms with van der Waals surface area (Å²) in [7, 11) is 1.12. The second-order valence-electron chi connectivity index (χ2n) is 12.6. The van der Waals surface area contributed by atoms with Gasteiger partial charge in [0.25, 0.3) is 0 Å². The lowest BCUT2D eigenvalue weighted by molar-refractivity contribution is -0.140. The van der Waals surface area contributed by atoms with Gasteiger partial charge in [-0.3, -0.25) is 4.79 Å². The van der Waals surface area contributed by atoms with Crippen LogP contribution in [0.15, 0.2) is 60.7 Å². The van der Waals surface area contributed by atoms with E-state index in [1.165, 1.54) is 12.7 Å². The first kappa shape index (κ1) is 33.4. The Morgan fingerprint density at radius 3 is 2.15 bits per heavy atom. The van der Waals surface area contributed by atoms with Gasteiger partial charge in [0.05, 0.1) is 33.5 Å². The number of hydrogen-bond donors (Lipinski definition) is 0. The maximum atomic E-state index is 11.4. The number of esters is 1. The third-order valence-electron chi connectivity index (χ3n) is 8.65. The molecule has 4 atom stereocenters. The van der Waals surface area contributed by atoms with Crippen LogP contribution in [0.2, 0.25) is 18.1 Å². The summed E-state index contributed by atoms with van der Waals surface area (Å²) in [6.45, 7) is 12.6. The first-order valence-electron chi connectivity index (χ1n) is 14.8. The maximum absolute atomic E-state index is 11.4. The number of benzene rings is 2. The van der Waals surface area contributed by atoms with Crippen molar-refractivity contribution in [3.63, 3.8) is 0 Å². The van der Waals surface area contributed by atoms with Crippen LogP contribution < -0.4 is 4.74 Å². The van der Waals surface area contributed by atoms with Gasteiger partial charge in [-0.2, -0.15) is 0 Å². The molecule has 7 heteroatoms. The molecule has 3 rings (SSSR count). The summed E-state index contributed by atoms with van der Waals surface area (Å²) < 4.78 is 23.0. The van der Waals surface area contributed by atoms with Gasteiger partial charge < -0.3 is 18.6 Å². The van der Waals surface area contributed by atoms with Crippen molar-refractivity contribution in [2.45, 2.75) is 102 Å². The summed E-state index contributed by atoms with van der Waals surface area (Å²) in [4.78, 5) is 11.4. The Morgan fingerprint density at radius 2 is 1.59 bits per heavy atom. The van der Waals surface area contributed by atoms with Gasteiger partial charge in [0.1, 0.15) is 5.75 Å². The Labute approximate surface area is 253 Å². The Hall–Kier alpha value is -2.12. The number of carbonyl (C=O) groups excluding carboxylic acids is 1. The number of allylic oxidation sites excluding steroid dienone is 2. The Kier molecular flexibility index (Phi) is 12.5. The molecule has 0 N–H and O–H groups in total. The van der Waals surface area contributed by atoms with Crippen LogP contribution in [-0.2, 0) is 31.9 Å². The van der Waals surface area contributed by atoms with Crippen molar-refractivity contribution in [2.24, 2.45) is 5.92 Å². The van der Waals surface area contributed by atoms with Crippen molar-refractivity contribution >= 4 is 25.9 Å². The zero-order chi connectivity index (χ0) is 30.0. The molecule has 0 saturated heterocycles. The molecule has 0 heterocycles. The van der Waals surface area contributed by atoms with Crippen LogP contribution in [0.1, 0.15) is 75.5 Å². The van der Waals surface area contributed by atoms with Crippen LogP contribution in [0.25, 0.3) is 0 Å². The highest BCUT2D eigenvalue weighted by Gasteiger charge is 2.48. The largest absolute Gasteiger partial charge is 0.497 e. The Balaban J connectivity index is 1.69. The van der Waals surface area contributed by atoms with E-state index in [2.05, 4.69) is 70.3 Å². The number of hydrogen-bond acceptors (Lipinski definition) is 5. The zero-order valence-electron chi connectivity index (χ0n) is 26.0. The molecule has 0 unspecified atom stereocenters. The lowest BCUT2D eigenvalue weighted by atomic mass is 9.85. The number of carbonyl (C=O) groups is 1. The van der Waals surface area contributed by atoms with Crippen LogP contribution in [0, 0.1) is 5.92 Å². The summed E-state index contributed by atoms with van der Waals surface area (Å²) in [5, 5.41) is 0.171. The van der Waals surface area contributed by atoms with E-state index in [0.29, 0.717) is 19.6 Å². The fraction of sp³-hybridized carbons (Fsp3) is 0.559. The first-order chi connectivity index (χ1) is 19.4. The number of rotatable bonds is 14. The second kappa shape index (κ2) is 15.4. The van der Waals surface area contributed by atoms with E-state index in [9.17, 15) is 4.79 Å². The van der Waals surface area contributed by atoms with Gasteiger partial charge in [-0.15, -0.1) is 11.6 Å². The number of ether oxygens (including phenoxy) is 3. The Morgan fingerprint density at radius 1 is 0.976 bits per heavy atom. The highest BCUT2D eigenvalue weighted by Crippen LogP contribution is 2.49. The molecular weight excluding hydrogens is 552 g/mol. The highest BCUT2D eigenvalue weighted by atomic mass is 35.5. The van der Waals surface area contributed by atoms with Crippen molar-refractivity contribution in [3.8, 4) is 5.75 Å². The number of alkyl halides is 1. The van der Waals surface area contributed by atoms with Crippen LogP contribution in [-0.4, -0.2) is 40.0 Å². The molecule has 2 aromatic carbocycles. The highest BCUT2D eigenvalue weighted by molar-refractivity contribution is 6.74. The predicted octanol–water partition coefficient (Wildman–Crippen LogP) is 8.80. The molecule has 0 amide bonds. The minimum Gasteiger partial charge on any atom is -0.497 e. The fourth-order valence-corrected chi connectivity index (χ4v) is 6.95. The zero-order valence-corrected chi connectivity index (χ0v) is 27.7. The molecule has 5 nitrogen and oxygen atoms in total. The molecule has 0 bridgehead atoms. The minimum absolute atomic E-state index is 0.0435. The van der Waals surface area contributed by atoms with E-state index in [1.807, 2.05) is 24.3 Å². The van der Waals surface area contributed by atoms with E-state index in [-0.39, 0.29) is 34.3 Å². The normalized spacial score (nSPS) is 21.4. The topological polar surface area (TPSA) is 54.0 Å². The number of halogens is 1. The van der Waals surface area contributed by atoms with Crippen molar-refractivity contribution < 1.29 is 23.4 Å².